The molecule has 8 heteroatoms. The van der Waals surface area contributed by atoms with Crippen LogP contribution in [0.5, 0.6) is 0 Å². The summed E-state index contributed by atoms with van der Waals surface area (Å²) in [5.74, 6) is -0.589. The number of ether oxygens (including phenoxy) is 1. The molecule has 25 heavy (non-hydrogen) atoms. The fourth-order valence-electron chi connectivity index (χ4n) is 2.10. The minimum Gasteiger partial charge on any atom is -0.444 e. The fraction of sp³-hybridized carbons (Fsp3) is 0.529. The van der Waals surface area contributed by atoms with Gasteiger partial charge >= 0.3 is 13.7 Å². The third-order valence-electron chi connectivity index (χ3n) is 3.05. The largest absolute Gasteiger partial charge is 0.444 e. The van der Waals surface area contributed by atoms with Crippen LogP contribution in [0, 0.1) is 0 Å². The smallest absolute Gasteiger partial charge is 0.408 e. The van der Waals surface area contributed by atoms with E-state index in [4.69, 9.17) is 9.26 Å². The Morgan fingerprint density at radius 3 is 2.36 bits per heavy atom. The first-order valence-corrected chi connectivity index (χ1v) is 9.81. The normalized spacial score (nSPS) is 15.1. The van der Waals surface area contributed by atoms with Crippen LogP contribution in [0.15, 0.2) is 30.3 Å². The Bertz CT molecular complexity index is 626. The Morgan fingerprint density at radius 2 is 1.84 bits per heavy atom. The number of nitrogens with one attached hydrogen (secondary N) is 1. The molecule has 0 bridgehead atoms. The summed E-state index contributed by atoms with van der Waals surface area (Å²) < 4.78 is 21.8. The molecule has 0 radical (unpaired) electrons. The van der Waals surface area contributed by atoms with Gasteiger partial charge in [-0.3, -0.25) is 9.36 Å². The van der Waals surface area contributed by atoms with Crippen LogP contribution in [0.3, 0.4) is 0 Å². The number of benzene rings is 1. The monoisotopic (exact) mass is 371 g/mol. The van der Waals surface area contributed by atoms with Gasteiger partial charge < -0.3 is 19.5 Å². The number of amides is 1. The zero-order chi connectivity index (χ0) is 19.1. The summed E-state index contributed by atoms with van der Waals surface area (Å²) in [6, 6.07) is 8.07. The van der Waals surface area contributed by atoms with E-state index in [1.165, 1.54) is 0 Å². The van der Waals surface area contributed by atoms with E-state index in [0.29, 0.717) is 0 Å². The number of alkyl carbamates (subject to hydrolysis) is 1. The quantitative estimate of drug-likeness (QED) is 0.681. The van der Waals surface area contributed by atoms with Crippen molar-refractivity contribution >= 4 is 19.5 Å². The van der Waals surface area contributed by atoms with Crippen LogP contribution in [0.4, 0.5) is 4.79 Å². The number of ketones is 1. The molecule has 0 aliphatic carbocycles. The average Bonchev–Trinajstić information content (AvgIpc) is 2.45. The molecule has 140 valence electrons. The lowest BCUT2D eigenvalue weighted by Crippen LogP contribution is -2.45. The average molecular weight is 371 g/mol. The van der Waals surface area contributed by atoms with Gasteiger partial charge in [0.2, 0.25) is 0 Å². The molecule has 0 aromatic heterocycles. The molecule has 0 spiro atoms. The van der Waals surface area contributed by atoms with E-state index in [1.807, 2.05) is 18.2 Å². The van der Waals surface area contributed by atoms with Crippen LogP contribution in [0.2, 0.25) is 0 Å². The second kappa shape index (κ2) is 9.13. The van der Waals surface area contributed by atoms with Crippen molar-refractivity contribution in [2.75, 3.05) is 12.8 Å². The first kappa shape index (κ1) is 21.4. The van der Waals surface area contributed by atoms with E-state index in [2.05, 4.69) is 5.32 Å². The standard InChI is InChI=1S/C17H26NO6P/c1-5-23-25(21,22)12-15(19)14(11-13-9-7-6-8-10-13)18-16(20)24-17(2,3)4/h6-10,14H,5,11-12H2,1-4H3,(H,18,20)(H,21,22). The molecule has 0 saturated carbocycles. The zero-order valence-corrected chi connectivity index (χ0v) is 15.9. The summed E-state index contributed by atoms with van der Waals surface area (Å²) >= 11 is 0. The first-order valence-electron chi connectivity index (χ1n) is 8.05. The lowest BCUT2D eigenvalue weighted by molar-refractivity contribution is -0.118. The lowest BCUT2D eigenvalue weighted by Gasteiger charge is -2.23. The highest BCUT2D eigenvalue weighted by atomic mass is 31.2. The van der Waals surface area contributed by atoms with Crippen LogP contribution in [0.1, 0.15) is 33.3 Å². The molecule has 1 aromatic carbocycles. The van der Waals surface area contributed by atoms with Gasteiger partial charge in [-0.25, -0.2) is 4.79 Å². The molecule has 2 atom stereocenters. The molecular formula is C17H26NO6P. The van der Waals surface area contributed by atoms with E-state index in [-0.39, 0.29) is 13.0 Å². The highest BCUT2D eigenvalue weighted by molar-refractivity contribution is 7.53. The molecule has 0 fully saturated rings. The molecule has 7 nitrogen and oxygen atoms in total. The van der Waals surface area contributed by atoms with E-state index in [0.717, 1.165) is 5.56 Å². The molecule has 2 unspecified atom stereocenters. The van der Waals surface area contributed by atoms with E-state index >= 15 is 0 Å². The van der Waals surface area contributed by atoms with Gasteiger partial charge in [-0.15, -0.1) is 0 Å². The summed E-state index contributed by atoms with van der Waals surface area (Å²) in [7, 11) is -4.03. The highest BCUT2D eigenvalue weighted by Gasteiger charge is 2.31. The van der Waals surface area contributed by atoms with Gasteiger partial charge in [-0.2, -0.15) is 0 Å². The maximum absolute atomic E-state index is 12.5. The van der Waals surface area contributed by atoms with Crippen LogP contribution >= 0.6 is 7.60 Å². The molecule has 0 saturated heterocycles. The SMILES string of the molecule is CCOP(=O)(O)CC(=O)C(Cc1ccccc1)NC(=O)OC(C)(C)C. The summed E-state index contributed by atoms with van der Waals surface area (Å²) in [6.45, 7) is 6.70. The van der Waals surface area contributed by atoms with Gasteiger partial charge in [0, 0.05) is 0 Å². The predicted octanol–water partition coefficient (Wildman–Crippen LogP) is 2.91. The van der Waals surface area contributed by atoms with E-state index in [9.17, 15) is 19.0 Å². The summed E-state index contributed by atoms with van der Waals surface area (Å²) in [5.41, 5.74) is 0.0863. The Balaban J connectivity index is 2.88. The van der Waals surface area contributed by atoms with Crippen molar-refractivity contribution in [3.8, 4) is 0 Å². The molecule has 1 aromatic rings. The van der Waals surface area contributed by atoms with Crippen LogP contribution in [-0.2, 0) is 25.0 Å². The van der Waals surface area contributed by atoms with Crippen molar-refractivity contribution in [3.05, 3.63) is 35.9 Å². The Labute approximate surface area is 148 Å². The number of Topliss-reactive ketones (excluding diaryl/α,β-unsaturated/α-hetero) is 1. The molecular weight excluding hydrogens is 345 g/mol. The van der Waals surface area contributed by atoms with Crippen molar-refractivity contribution in [1.82, 2.24) is 5.32 Å². The maximum Gasteiger partial charge on any atom is 0.408 e. The van der Waals surface area contributed by atoms with Crippen molar-refractivity contribution in [3.63, 3.8) is 0 Å². The predicted molar refractivity (Wildman–Crippen MR) is 94.6 cm³/mol. The second-order valence-electron chi connectivity index (χ2n) is 6.57. The fourth-order valence-corrected chi connectivity index (χ4v) is 3.21. The third-order valence-corrected chi connectivity index (χ3v) is 4.42. The second-order valence-corrected chi connectivity index (χ2v) is 8.42. The maximum atomic E-state index is 12.5. The third kappa shape index (κ3) is 8.82. The molecule has 0 aliphatic heterocycles. The van der Waals surface area contributed by atoms with Crippen molar-refractivity contribution < 1.29 is 28.3 Å². The van der Waals surface area contributed by atoms with Crippen LogP contribution in [0.25, 0.3) is 0 Å². The topological polar surface area (TPSA) is 102 Å². The molecule has 1 rings (SSSR count). The summed E-state index contributed by atoms with van der Waals surface area (Å²) in [6.07, 6.45) is -1.25. The van der Waals surface area contributed by atoms with Crippen molar-refractivity contribution in [1.29, 1.82) is 0 Å². The van der Waals surface area contributed by atoms with Crippen LogP contribution < -0.4 is 5.32 Å². The Kier molecular flexibility index (Phi) is 7.80. The van der Waals surface area contributed by atoms with Crippen molar-refractivity contribution in [2.24, 2.45) is 0 Å². The number of hydrogen-bond donors (Lipinski definition) is 2. The van der Waals surface area contributed by atoms with Gasteiger partial charge in [-0.05, 0) is 39.7 Å². The van der Waals surface area contributed by atoms with Crippen molar-refractivity contribution in [2.45, 2.75) is 45.8 Å². The van der Waals surface area contributed by atoms with Gasteiger partial charge in [0.05, 0.1) is 12.6 Å². The highest BCUT2D eigenvalue weighted by Crippen LogP contribution is 2.41. The van der Waals surface area contributed by atoms with E-state index < -0.39 is 37.3 Å². The minimum atomic E-state index is -4.03. The van der Waals surface area contributed by atoms with Gasteiger partial charge in [0.15, 0.2) is 5.78 Å². The van der Waals surface area contributed by atoms with E-state index in [1.54, 1.807) is 39.8 Å². The van der Waals surface area contributed by atoms with Crippen LogP contribution in [-0.4, -0.2) is 41.2 Å². The Morgan fingerprint density at radius 1 is 1.24 bits per heavy atom. The molecule has 2 N–H and O–H groups in total. The molecule has 0 heterocycles. The minimum absolute atomic E-state index is 0.0178. The zero-order valence-electron chi connectivity index (χ0n) is 15.0. The summed E-state index contributed by atoms with van der Waals surface area (Å²) in [4.78, 5) is 34.2. The molecule has 0 aliphatic rings. The van der Waals surface area contributed by atoms with Gasteiger partial charge in [0.1, 0.15) is 11.8 Å². The Hall–Kier alpha value is -1.69. The van der Waals surface area contributed by atoms with Gasteiger partial charge in [-0.1, -0.05) is 30.3 Å². The first-order chi connectivity index (χ1) is 11.5. The lowest BCUT2D eigenvalue weighted by atomic mass is 10.0. The summed E-state index contributed by atoms with van der Waals surface area (Å²) in [5, 5.41) is 2.49. The van der Waals surface area contributed by atoms with Gasteiger partial charge in [0.25, 0.3) is 0 Å². The molecule has 1 amide bonds. The number of hydrogen-bond acceptors (Lipinski definition) is 5. The number of rotatable bonds is 8. The number of carbonyl (C=O) groups is 2. The number of carbonyl (C=O) groups excluding carboxylic acids is 2.